The largest absolute Gasteiger partial charge is 0.397 e. The minimum absolute atomic E-state index is 0.278. The summed E-state index contributed by atoms with van der Waals surface area (Å²) in [5.41, 5.74) is 12.0. The third-order valence-corrected chi connectivity index (χ3v) is 2.01. The number of nitrogens with two attached hydrogens (primary N) is 2. The van der Waals surface area contributed by atoms with Gasteiger partial charge in [-0.15, -0.1) is 6.58 Å². The Kier molecular flexibility index (Phi) is 4.69. The molecule has 4 nitrogen and oxygen atoms in total. The number of hydrogen-bond acceptors (Lipinski definition) is 3. The van der Waals surface area contributed by atoms with Crippen LogP contribution >= 0.6 is 0 Å². The molecule has 0 aliphatic carbocycles. The Morgan fingerprint density at radius 3 is 2.59 bits per heavy atom. The summed E-state index contributed by atoms with van der Waals surface area (Å²) >= 11 is 0. The van der Waals surface area contributed by atoms with Crippen LogP contribution in [0.1, 0.15) is 6.42 Å². The summed E-state index contributed by atoms with van der Waals surface area (Å²) in [7, 11) is 0. The first-order valence-corrected chi connectivity index (χ1v) is 5.13. The highest BCUT2D eigenvalue weighted by Gasteiger charge is 1.94. The maximum absolute atomic E-state index is 9.75. The van der Waals surface area contributed by atoms with Crippen LogP contribution in [-0.4, -0.2) is 10.9 Å². The van der Waals surface area contributed by atoms with E-state index in [1.807, 2.05) is 30.3 Å². The first-order valence-electron chi connectivity index (χ1n) is 5.13. The predicted octanol–water partition coefficient (Wildman–Crippen LogP) is 1.86. The second-order valence-corrected chi connectivity index (χ2v) is 3.38. The van der Waals surface area contributed by atoms with Crippen LogP contribution in [0.4, 0.5) is 5.69 Å². The number of hydrogen-bond donors (Lipinski definition) is 2. The highest BCUT2D eigenvalue weighted by Crippen LogP contribution is 2.16. The van der Waals surface area contributed by atoms with Crippen LogP contribution in [0, 0.1) is 0 Å². The number of aromatic nitrogens is 1. The van der Waals surface area contributed by atoms with Crippen LogP contribution in [-0.2, 0) is 4.79 Å². The molecular weight excluding hydrogens is 214 g/mol. The molecule has 1 aromatic carbocycles. The van der Waals surface area contributed by atoms with Crippen molar-refractivity contribution in [3.8, 4) is 0 Å². The van der Waals surface area contributed by atoms with Gasteiger partial charge in [-0.3, -0.25) is 9.78 Å². The molecule has 1 aromatic heterocycles. The third-order valence-electron chi connectivity index (χ3n) is 2.01. The van der Waals surface area contributed by atoms with Crippen LogP contribution in [0.15, 0.2) is 49.2 Å². The van der Waals surface area contributed by atoms with Gasteiger partial charge < -0.3 is 11.5 Å². The molecule has 0 atom stereocenters. The lowest BCUT2D eigenvalue weighted by Gasteiger charge is -1.97. The summed E-state index contributed by atoms with van der Waals surface area (Å²) in [6.07, 6.45) is 3.50. The number of para-hydroxylation sites is 1. The summed E-state index contributed by atoms with van der Waals surface area (Å²) < 4.78 is 0. The molecule has 2 rings (SSSR count). The van der Waals surface area contributed by atoms with Crippen molar-refractivity contribution in [2.75, 3.05) is 5.73 Å². The number of pyridine rings is 1. The zero-order chi connectivity index (χ0) is 12.7. The fourth-order valence-electron chi connectivity index (χ4n) is 1.27. The van der Waals surface area contributed by atoms with Crippen molar-refractivity contribution in [2.45, 2.75) is 6.42 Å². The zero-order valence-electron chi connectivity index (χ0n) is 9.47. The van der Waals surface area contributed by atoms with Crippen LogP contribution < -0.4 is 11.5 Å². The van der Waals surface area contributed by atoms with Gasteiger partial charge in [-0.1, -0.05) is 24.3 Å². The van der Waals surface area contributed by atoms with E-state index in [9.17, 15) is 4.79 Å². The maximum Gasteiger partial charge on any atom is 0.221 e. The van der Waals surface area contributed by atoms with E-state index < -0.39 is 0 Å². The number of benzene rings is 1. The first kappa shape index (κ1) is 12.7. The van der Waals surface area contributed by atoms with Crippen molar-refractivity contribution in [3.63, 3.8) is 0 Å². The Morgan fingerprint density at radius 1 is 1.35 bits per heavy atom. The molecule has 88 valence electrons. The number of amides is 1. The minimum atomic E-state index is -0.329. The molecular formula is C13H15N3O. The van der Waals surface area contributed by atoms with E-state index in [1.165, 1.54) is 6.08 Å². The fraction of sp³-hybridized carbons (Fsp3) is 0.0769. The number of rotatable bonds is 2. The average Bonchev–Trinajstić information content (AvgIpc) is 2.30. The van der Waals surface area contributed by atoms with E-state index in [0.29, 0.717) is 0 Å². The van der Waals surface area contributed by atoms with Gasteiger partial charge in [0.2, 0.25) is 5.91 Å². The summed E-state index contributed by atoms with van der Waals surface area (Å²) in [5.74, 6) is -0.329. The second-order valence-electron chi connectivity index (χ2n) is 3.38. The van der Waals surface area contributed by atoms with E-state index >= 15 is 0 Å². The molecule has 4 N–H and O–H groups in total. The number of primary amides is 1. The van der Waals surface area contributed by atoms with Gasteiger partial charge in [-0.2, -0.15) is 0 Å². The Bertz CT molecular complexity index is 518. The van der Waals surface area contributed by atoms with Crippen LogP contribution in [0.5, 0.6) is 0 Å². The molecule has 2 aromatic rings. The van der Waals surface area contributed by atoms with E-state index in [-0.39, 0.29) is 12.3 Å². The molecule has 1 heterocycles. The molecule has 0 saturated heterocycles. The normalized spacial score (nSPS) is 9.18. The van der Waals surface area contributed by atoms with E-state index in [4.69, 9.17) is 11.5 Å². The average molecular weight is 229 g/mol. The van der Waals surface area contributed by atoms with Gasteiger partial charge in [0.25, 0.3) is 0 Å². The van der Waals surface area contributed by atoms with Crippen molar-refractivity contribution in [1.29, 1.82) is 0 Å². The quantitative estimate of drug-likeness (QED) is 0.609. The Labute approximate surface area is 100.0 Å². The van der Waals surface area contributed by atoms with Crippen LogP contribution in [0.25, 0.3) is 10.9 Å². The number of nitrogen functional groups attached to an aromatic ring is 1. The van der Waals surface area contributed by atoms with Gasteiger partial charge >= 0.3 is 0 Å². The standard InChI is InChI=1S/C9H8N2.C4H7NO/c10-8-5-1-3-7-4-2-6-11-9(7)8;1-2-3-4(5)6/h1-6H,10H2;2H,1,3H2,(H2,5,6). The van der Waals surface area contributed by atoms with Crippen LogP contribution in [0.3, 0.4) is 0 Å². The van der Waals surface area contributed by atoms with Crippen molar-refractivity contribution in [3.05, 3.63) is 49.2 Å². The topological polar surface area (TPSA) is 82.0 Å². The van der Waals surface area contributed by atoms with Crippen LogP contribution in [0.2, 0.25) is 0 Å². The summed E-state index contributed by atoms with van der Waals surface area (Å²) in [5, 5.41) is 1.09. The van der Waals surface area contributed by atoms with Gasteiger partial charge in [0.05, 0.1) is 11.2 Å². The van der Waals surface area contributed by atoms with Gasteiger partial charge in [0.15, 0.2) is 0 Å². The lowest BCUT2D eigenvalue weighted by Crippen LogP contribution is -2.07. The lowest BCUT2D eigenvalue weighted by molar-refractivity contribution is -0.117. The molecule has 0 saturated carbocycles. The molecule has 4 heteroatoms. The summed E-state index contributed by atoms with van der Waals surface area (Å²) in [6, 6.07) is 9.69. The van der Waals surface area contributed by atoms with Crippen molar-refractivity contribution in [1.82, 2.24) is 4.98 Å². The predicted molar refractivity (Wildman–Crippen MR) is 70.2 cm³/mol. The lowest BCUT2D eigenvalue weighted by atomic mass is 10.2. The number of fused-ring (bicyclic) bond motifs is 1. The Hall–Kier alpha value is -2.36. The Morgan fingerprint density at radius 2 is 2.06 bits per heavy atom. The number of nitrogens with zero attached hydrogens (tertiary/aromatic N) is 1. The zero-order valence-corrected chi connectivity index (χ0v) is 9.47. The highest BCUT2D eigenvalue weighted by atomic mass is 16.1. The molecule has 0 unspecified atom stereocenters. The smallest absolute Gasteiger partial charge is 0.221 e. The van der Waals surface area contributed by atoms with Crippen molar-refractivity contribution in [2.24, 2.45) is 5.73 Å². The maximum atomic E-state index is 9.75. The Balaban J connectivity index is 0.000000209. The summed E-state index contributed by atoms with van der Waals surface area (Å²) in [6.45, 7) is 3.30. The third kappa shape index (κ3) is 3.95. The molecule has 0 aliphatic heterocycles. The monoisotopic (exact) mass is 229 g/mol. The van der Waals surface area contributed by atoms with E-state index in [2.05, 4.69) is 11.6 Å². The number of carbonyl (C=O) groups excluding carboxylic acids is 1. The van der Waals surface area contributed by atoms with Crippen molar-refractivity contribution >= 4 is 22.5 Å². The summed E-state index contributed by atoms with van der Waals surface area (Å²) in [4.78, 5) is 13.9. The van der Waals surface area contributed by atoms with Crippen molar-refractivity contribution < 1.29 is 4.79 Å². The molecule has 0 aliphatic rings. The highest BCUT2D eigenvalue weighted by molar-refractivity contribution is 5.88. The number of anilines is 1. The minimum Gasteiger partial charge on any atom is -0.397 e. The SMILES string of the molecule is C=CCC(N)=O.Nc1cccc2cccnc12. The first-order chi connectivity index (χ1) is 8.15. The van der Waals surface area contributed by atoms with Gasteiger partial charge in [0, 0.05) is 18.0 Å². The number of carbonyl (C=O) groups is 1. The van der Waals surface area contributed by atoms with Gasteiger partial charge in [0.1, 0.15) is 0 Å². The molecule has 0 fully saturated rings. The molecule has 0 bridgehead atoms. The van der Waals surface area contributed by atoms with Gasteiger partial charge in [-0.25, -0.2) is 0 Å². The van der Waals surface area contributed by atoms with E-state index in [1.54, 1.807) is 6.20 Å². The van der Waals surface area contributed by atoms with E-state index in [0.717, 1.165) is 16.6 Å². The molecule has 17 heavy (non-hydrogen) atoms. The fourth-order valence-corrected chi connectivity index (χ4v) is 1.27. The molecule has 0 radical (unpaired) electrons. The second kappa shape index (κ2) is 6.27. The molecule has 0 spiro atoms. The molecule has 1 amide bonds. The van der Waals surface area contributed by atoms with Gasteiger partial charge in [-0.05, 0) is 12.1 Å².